The van der Waals surface area contributed by atoms with Gasteiger partial charge in [-0.1, -0.05) is 5.21 Å². The Balaban J connectivity index is 1.87. The second-order valence-corrected chi connectivity index (χ2v) is 7.57. The number of hydrogen-bond donors (Lipinski definition) is 2. The zero-order chi connectivity index (χ0) is 18.8. The van der Waals surface area contributed by atoms with Gasteiger partial charge in [-0.25, -0.2) is 4.63 Å². The van der Waals surface area contributed by atoms with Gasteiger partial charge in [0.1, 0.15) is 11.4 Å². The minimum atomic E-state index is 0.112. The number of aromatic hydroxyl groups is 1. The van der Waals surface area contributed by atoms with Crippen molar-refractivity contribution in [3.8, 4) is 11.6 Å². The summed E-state index contributed by atoms with van der Waals surface area (Å²) in [6.07, 6.45) is 1.49. The minimum absolute atomic E-state index is 0.112. The number of phenols is 1. The van der Waals surface area contributed by atoms with Crippen LogP contribution >= 0.6 is 45.2 Å². The standard InChI is InChI=1S/C14H12I2N8O2/c1-6(19-18-5-8-3-9(15)4-10(16)12(8)25)11-7(2)24(23-20-11)14-13(17)21-26-22-14/h3-5,25H,1-2H3,(H2,17,21)/b18-5+,19-6?. The van der Waals surface area contributed by atoms with E-state index in [-0.39, 0.29) is 17.4 Å². The highest BCUT2D eigenvalue weighted by Crippen LogP contribution is 2.25. The van der Waals surface area contributed by atoms with Crippen LogP contribution < -0.4 is 5.73 Å². The lowest BCUT2D eigenvalue weighted by molar-refractivity contribution is 0.306. The Morgan fingerprint density at radius 3 is 2.81 bits per heavy atom. The molecule has 0 aliphatic rings. The van der Waals surface area contributed by atoms with Crippen LogP contribution in [0.3, 0.4) is 0 Å². The highest BCUT2D eigenvalue weighted by Gasteiger charge is 2.17. The van der Waals surface area contributed by atoms with E-state index in [2.05, 4.69) is 80.6 Å². The van der Waals surface area contributed by atoms with Gasteiger partial charge >= 0.3 is 0 Å². The third kappa shape index (κ3) is 3.69. The SMILES string of the molecule is CC(=N/N=C/c1cc(I)cc(I)c1O)c1nnn(-c2nonc2N)c1C. The first-order chi connectivity index (χ1) is 12.4. The Kier molecular flexibility index (Phi) is 5.49. The molecule has 2 aromatic heterocycles. The van der Waals surface area contributed by atoms with Crippen LogP contribution in [0.1, 0.15) is 23.9 Å². The first-order valence-electron chi connectivity index (χ1n) is 7.15. The van der Waals surface area contributed by atoms with E-state index in [0.717, 1.165) is 7.14 Å². The minimum Gasteiger partial charge on any atom is -0.506 e. The summed E-state index contributed by atoms with van der Waals surface area (Å²) in [7, 11) is 0. The van der Waals surface area contributed by atoms with E-state index in [9.17, 15) is 5.11 Å². The average Bonchev–Trinajstić information content (AvgIpc) is 3.17. The van der Waals surface area contributed by atoms with E-state index >= 15 is 0 Å². The van der Waals surface area contributed by atoms with Gasteiger partial charge in [0.05, 0.1) is 21.2 Å². The molecule has 3 rings (SSSR count). The summed E-state index contributed by atoms with van der Waals surface area (Å²) in [6.45, 7) is 3.54. The molecule has 0 spiro atoms. The fourth-order valence-electron chi connectivity index (χ4n) is 2.11. The topological polar surface area (TPSA) is 141 Å². The third-order valence-corrected chi connectivity index (χ3v) is 4.84. The van der Waals surface area contributed by atoms with Crippen molar-refractivity contribution in [3.05, 3.63) is 36.2 Å². The molecule has 0 unspecified atom stereocenters. The van der Waals surface area contributed by atoms with E-state index in [1.807, 2.05) is 12.1 Å². The van der Waals surface area contributed by atoms with E-state index < -0.39 is 0 Å². The Hall–Kier alpha value is -2.10. The number of phenolic OH excluding ortho intramolecular Hbond substituents is 1. The number of nitrogens with zero attached hydrogens (tertiary/aromatic N) is 7. The molecular weight excluding hydrogens is 566 g/mol. The van der Waals surface area contributed by atoms with Crippen LogP contribution in [0.4, 0.5) is 5.82 Å². The molecule has 1 aromatic carbocycles. The second kappa shape index (κ2) is 7.65. The summed E-state index contributed by atoms with van der Waals surface area (Å²) in [5.74, 6) is 0.538. The zero-order valence-corrected chi connectivity index (χ0v) is 17.9. The maximum atomic E-state index is 10.1. The second-order valence-electron chi connectivity index (χ2n) is 5.16. The lowest BCUT2D eigenvalue weighted by atomic mass is 10.2. The Morgan fingerprint density at radius 2 is 2.12 bits per heavy atom. The summed E-state index contributed by atoms with van der Waals surface area (Å²) in [6, 6.07) is 3.68. The molecule has 12 heteroatoms. The highest BCUT2D eigenvalue weighted by atomic mass is 127. The first-order valence-corrected chi connectivity index (χ1v) is 9.31. The molecule has 134 valence electrons. The number of rotatable bonds is 4. The third-order valence-electron chi connectivity index (χ3n) is 3.40. The molecule has 0 amide bonds. The van der Waals surface area contributed by atoms with Crippen LogP contribution in [0, 0.1) is 14.1 Å². The van der Waals surface area contributed by atoms with Crippen molar-refractivity contribution in [2.24, 2.45) is 10.2 Å². The number of nitrogen functional groups attached to an aromatic ring is 1. The molecule has 10 nitrogen and oxygen atoms in total. The molecule has 0 saturated carbocycles. The monoisotopic (exact) mass is 578 g/mol. The van der Waals surface area contributed by atoms with Crippen LogP contribution in [-0.2, 0) is 0 Å². The molecule has 26 heavy (non-hydrogen) atoms. The van der Waals surface area contributed by atoms with Crippen molar-refractivity contribution in [2.75, 3.05) is 5.73 Å². The van der Waals surface area contributed by atoms with Gasteiger partial charge in [-0.05, 0) is 81.5 Å². The molecule has 0 radical (unpaired) electrons. The number of nitrogens with two attached hydrogens (primary N) is 1. The van der Waals surface area contributed by atoms with Crippen molar-refractivity contribution in [1.29, 1.82) is 0 Å². The van der Waals surface area contributed by atoms with E-state index in [1.54, 1.807) is 13.8 Å². The molecule has 0 aliphatic heterocycles. The molecule has 0 fully saturated rings. The van der Waals surface area contributed by atoms with Crippen LogP contribution in [0.25, 0.3) is 5.82 Å². The summed E-state index contributed by atoms with van der Waals surface area (Å²) < 4.78 is 7.73. The summed E-state index contributed by atoms with van der Waals surface area (Å²) in [5, 5.41) is 33.5. The van der Waals surface area contributed by atoms with Crippen molar-refractivity contribution >= 4 is 62.9 Å². The van der Waals surface area contributed by atoms with E-state index in [1.165, 1.54) is 10.9 Å². The van der Waals surface area contributed by atoms with Crippen LogP contribution in [0.2, 0.25) is 0 Å². The quantitative estimate of drug-likeness (QED) is 0.275. The highest BCUT2D eigenvalue weighted by molar-refractivity contribution is 14.1. The normalized spacial score (nSPS) is 12.2. The predicted molar refractivity (Wildman–Crippen MR) is 112 cm³/mol. The predicted octanol–water partition coefficient (Wildman–Crippen LogP) is 2.30. The maximum Gasteiger partial charge on any atom is 0.243 e. The summed E-state index contributed by atoms with van der Waals surface area (Å²) in [5.41, 5.74) is 8.00. The van der Waals surface area contributed by atoms with Crippen LogP contribution in [-0.4, -0.2) is 42.3 Å². The maximum absolute atomic E-state index is 10.1. The van der Waals surface area contributed by atoms with Gasteiger partial charge in [-0.2, -0.15) is 14.9 Å². The first kappa shape index (κ1) is 18.7. The van der Waals surface area contributed by atoms with Crippen LogP contribution in [0.5, 0.6) is 5.75 Å². The lowest BCUT2D eigenvalue weighted by Gasteiger charge is -2.02. The Labute approximate surface area is 174 Å². The van der Waals surface area contributed by atoms with Gasteiger partial charge in [0.25, 0.3) is 0 Å². The number of halogens is 2. The molecule has 0 bridgehead atoms. The van der Waals surface area contributed by atoms with Crippen molar-refractivity contribution in [2.45, 2.75) is 13.8 Å². The molecule has 0 atom stereocenters. The Bertz CT molecular complexity index is 1020. The fraction of sp³-hybridized carbons (Fsp3) is 0.143. The number of aromatic nitrogens is 5. The van der Waals surface area contributed by atoms with Gasteiger partial charge in [-0.15, -0.1) is 5.10 Å². The van der Waals surface area contributed by atoms with Gasteiger partial charge in [-0.3, -0.25) is 0 Å². The molecule has 2 heterocycles. The van der Waals surface area contributed by atoms with Crippen molar-refractivity contribution in [1.82, 2.24) is 25.3 Å². The smallest absolute Gasteiger partial charge is 0.243 e. The molecule has 3 N–H and O–H groups in total. The number of hydrogen-bond acceptors (Lipinski definition) is 9. The van der Waals surface area contributed by atoms with Crippen molar-refractivity contribution in [3.63, 3.8) is 0 Å². The largest absolute Gasteiger partial charge is 0.506 e. The Morgan fingerprint density at radius 1 is 1.35 bits per heavy atom. The zero-order valence-electron chi connectivity index (χ0n) is 13.6. The molecule has 0 aliphatic carbocycles. The molecular formula is C14H12I2N8O2. The van der Waals surface area contributed by atoms with E-state index in [0.29, 0.717) is 22.7 Å². The van der Waals surface area contributed by atoms with Gasteiger partial charge in [0.15, 0.2) is 0 Å². The van der Waals surface area contributed by atoms with Crippen LogP contribution in [0.15, 0.2) is 27.0 Å². The van der Waals surface area contributed by atoms with Crippen molar-refractivity contribution < 1.29 is 9.74 Å². The number of benzene rings is 1. The van der Waals surface area contributed by atoms with Gasteiger partial charge < -0.3 is 10.8 Å². The number of anilines is 1. The lowest BCUT2D eigenvalue weighted by Crippen LogP contribution is -2.04. The summed E-state index contributed by atoms with van der Waals surface area (Å²) >= 11 is 4.24. The fourth-order valence-corrected chi connectivity index (χ4v) is 4.00. The average molecular weight is 578 g/mol. The van der Waals surface area contributed by atoms with Gasteiger partial charge in [0, 0.05) is 9.13 Å². The summed E-state index contributed by atoms with van der Waals surface area (Å²) in [4.78, 5) is 0. The molecule has 3 aromatic rings. The van der Waals surface area contributed by atoms with Gasteiger partial charge in [0.2, 0.25) is 11.6 Å². The molecule has 0 saturated heterocycles. The van der Waals surface area contributed by atoms with E-state index in [4.69, 9.17) is 5.73 Å².